The molecule has 188 valence electrons. The molecule has 3 aromatic rings. The number of fused-ring (bicyclic) bond motifs is 1. The number of likely N-dealkylation sites (tertiary alicyclic amines) is 1. The maximum Gasteiger partial charge on any atom is 0.329 e. The standard InChI is InChI=1S/C25H28Cl2F2N4O2/c26-20-14-23-24(15-21(20)27)33(25(34)32(23)8-7-30-9-11-35-12-10-30)19-3-5-31(6-4-19)16-17-1-2-18(28)13-22(17)29/h1-2,13-15,19H,3-12,16H2. The number of hydrogen-bond donors (Lipinski definition) is 0. The van der Waals surface area contributed by atoms with Crippen LogP contribution in [-0.2, 0) is 17.8 Å². The molecule has 2 aromatic carbocycles. The Balaban J connectivity index is 1.36. The van der Waals surface area contributed by atoms with Crippen LogP contribution in [0.4, 0.5) is 8.78 Å². The highest BCUT2D eigenvalue weighted by Gasteiger charge is 2.26. The normalized spacial score (nSPS) is 18.5. The maximum atomic E-state index is 14.1. The van der Waals surface area contributed by atoms with Crippen LogP contribution in [0, 0.1) is 11.6 Å². The average molecular weight is 525 g/mol. The summed E-state index contributed by atoms with van der Waals surface area (Å²) in [4.78, 5) is 18.1. The van der Waals surface area contributed by atoms with Gasteiger partial charge in [-0.15, -0.1) is 0 Å². The molecule has 2 aliphatic rings. The molecule has 5 rings (SSSR count). The zero-order valence-corrected chi connectivity index (χ0v) is 20.9. The molecule has 0 N–H and O–H groups in total. The molecule has 0 saturated carbocycles. The number of hydrogen-bond acceptors (Lipinski definition) is 4. The van der Waals surface area contributed by atoms with Gasteiger partial charge in [0, 0.05) is 63.5 Å². The summed E-state index contributed by atoms with van der Waals surface area (Å²) in [5.41, 5.74) is 1.99. The Morgan fingerprint density at radius 2 is 1.57 bits per heavy atom. The molecule has 0 atom stereocenters. The Kier molecular flexibility index (Phi) is 7.46. The second kappa shape index (κ2) is 10.6. The quantitative estimate of drug-likeness (QED) is 0.474. The molecule has 0 aliphatic carbocycles. The second-order valence-corrected chi connectivity index (χ2v) is 10.1. The number of halogens is 4. The molecule has 2 aliphatic heterocycles. The van der Waals surface area contributed by atoms with Crippen LogP contribution in [-0.4, -0.2) is 64.9 Å². The summed E-state index contributed by atoms with van der Waals surface area (Å²) in [6.07, 6.45) is 1.48. The predicted octanol–water partition coefficient (Wildman–Crippen LogP) is 4.56. The smallest absolute Gasteiger partial charge is 0.329 e. The molecule has 6 nitrogen and oxygen atoms in total. The van der Waals surface area contributed by atoms with Crippen LogP contribution in [0.2, 0.25) is 10.0 Å². The first-order valence-electron chi connectivity index (χ1n) is 12.0. The molecule has 1 aromatic heterocycles. The van der Waals surface area contributed by atoms with E-state index < -0.39 is 11.6 Å². The van der Waals surface area contributed by atoms with E-state index in [1.54, 1.807) is 16.7 Å². The van der Waals surface area contributed by atoms with Crippen molar-refractivity contribution in [2.75, 3.05) is 45.9 Å². The number of imidazole rings is 1. The molecule has 0 radical (unpaired) electrons. The summed E-state index contributed by atoms with van der Waals surface area (Å²) in [6, 6.07) is 7.26. The summed E-state index contributed by atoms with van der Waals surface area (Å²) in [6.45, 7) is 6.26. The number of ether oxygens (including phenoxy) is 1. The molecule has 3 heterocycles. The summed E-state index contributed by atoms with van der Waals surface area (Å²) in [5.74, 6) is -1.11. The number of piperidine rings is 1. The minimum atomic E-state index is -0.576. The molecule has 0 bridgehead atoms. The van der Waals surface area contributed by atoms with Gasteiger partial charge in [-0.05, 0) is 31.0 Å². The molecule has 10 heteroatoms. The van der Waals surface area contributed by atoms with Gasteiger partial charge >= 0.3 is 5.69 Å². The van der Waals surface area contributed by atoms with Gasteiger partial charge in [0.1, 0.15) is 11.6 Å². The van der Waals surface area contributed by atoms with Crippen molar-refractivity contribution in [3.8, 4) is 0 Å². The topological polar surface area (TPSA) is 42.6 Å². The third kappa shape index (κ3) is 5.27. The van der Waals surface area contributed by atoms with E-state index in [1.807, 2.05) is 4.57 Å². The van der Waals surface area contributed by atoms with Crippen LogP contribution in [0.25, 0.3) is 11.0 Å². The van der Waals surface area contributed by atoms with Crippen molar-refractivity contribution in [3.05, 3.63) is 68.1 Å². The van der Waals surface area contributed by atoms with Gasteiger partial charge in [0.15, 0.2) is 0 Å². The van der Waals surface area contributed by atoms with Crippen LogP contribution in [0.3, 0.4) is 0 Å². The van der Waals surface area contributed by atoms with Crippen LogP contribution in [0.5, 0.6) is 0 Å². The van der Waals surface area contributed by atoms with E-state index in [2.05, 4.69) is 9.80 Å². The average Bonchev–Trinajstić information content (AvgIpc) is 3.11. The SMILES string of the molecule is O=c1n(CCN2CCOCC2)c2cc(Cl)c(Cl)cc2n1C1CCN(Cc2ccc(F)cc2F)CC1. The number of rotatable bonds is 6. The summed E-state index contributed by atoms with van der Waals surface area (Å²) < 4.78 is 36.4. The molecule has 0 spiro atoms. The molecular weight excluding hydrogens is 497 g/mol. The van der Waals surface area contributed by atoms with E-state index in [1.165, 1.54) is 12.1 Å². The van der Waals surface area contributed by atoms with Gasteiger partial charge in [-0.2, -0.15) is 0 Å². The van der Waals surface area contributed by atoms with Crippen molar-refractivity contribution < 1.29 is 13.5 Å². The first kappa shape index (κ1) is 24.7. The molecule has 2 fully saturated rings. The first-order valence-corrected chi connectivity index (χ1v) is 12.7. The van der Waals surface area contributed by atoms with Gasteiger partial charge < -0.3 is 4.74 Å². The van der Waals surface area contributed by atoms with Gasteiger partial charge in [0.05, 0.1) is 34.3 Å². The number of morpholine rings is 1. The lowest BCUT2D eigenvalue weighted by molar-refractivity contribution is 0.0364. The van der Waals surface area contributed by atoms with E-state index in [0.717, 1.165) is 49.6 Å². The fourth-order valence-electron chi connectivity index (χ4n) is 5.13. The fourth-order valence-corrected chi connectivity index (χ4v) is 5.45. The Labute approximate surface area is 212 Å². The van der Waals surface area contributed by atoms with E-state index in [-0.39, 0.29) is 11.7 Å². The minimum Gasteiger partial charge on any atom is -0.379 e. The maximum absolute atomic E-state index is 14.1. The lowest BCUT2D eigenvalue weighted by atomic mass is 10.0. The molecule has 2 saturated heterocycles. The molecule has 35 heavy (non-hydrogen) atoms. The van der Waals surface area contributed by atoms with Gasteiger partial charge in [-0.25, -0.2) is 13.6 Å². The summed E-state index contributed by atoms with van der Waals surface area (Å²) >= 11 is 12.7. The highest BCUT2D eigenvalue weighted by Crippen LogP contribution is 2.32. The van der Waals surface area contributed by atoms with Crippen LogP contribution >= 0.6 is 23.2 Å². The van der Waals surface area contributed by atoms with E-state index in [0.29, 0.717) is 55.0 Å². The summed E-state index contributed by atoms with van der Waals surface area (Å²) in [5, 5.41) is 0.843. The number of aromatic nitrogens is 2. The number of nitrogens with zero attached hydrogens (tertiary/aromatic N) is 4. The van der Waals surface area contributed by atoms with Crippen molar-refractivity contribution in [1.29, 1.82) is 0 Å². The zero-order valence-electron chi connectivity index (χ0n) is 19.4. The van der Waals surface area contributed by atoms with Crippen LogP contribution < -0.4 is 5.69 Å². The Bertz CT molecular complexity index is 1260. The van der Waals surface area contributed by atoms with Crippen molar-refractivity contribution in [2.45, 2.75) is 32.0 Å². The van der Waals surface area contributed by atoms with E-state index in [4.69, 9.17) is 27.9 Å². The van der Waals surface area contributed by atoms with Gasteiger partial charge in [-0.1, -0.05) is 29.3 Å². The zero-order chi connectivity index (χ0) is 24.5. The monoisotopic (exact) mass is 524 g/mol. The van der Waals surface area contributed by atoms with Gasteiger partial charge in [0.2, 0.25) is 0 Å². The van der Waals surface area contributed by atoms with Crippen molar-refractivity contribution in [1.82, 2.24) is 18.9 Å². The van der Waals surface area contributed by atoms with Crippen LogP contribution in [0.1, 0.15) is 24.4 Å². The largest absolute Gasteiger partial charge is 0.379 e. The highest BCUT2D eigenvalue weighted by molar-refractivity contribution is 6.42. The lowest BCUT2D eigenvalue weighted by Gasteiger charge is -2.32. The Morgan fingerprint density at radius 1 is 0.886 bits per heavy atom. The van der Waals surface area contributed by atoms with Crippen molar-refractivity contribution in [3.63, 3.8) is 0 Å². The molecule has 0 unspecified atom stereocenters. The molecular formula is C25H28Cl2F2N4O2. The third-order valence-corrected chi connectivity index (χ3v) is 7.80. The second-order valence-electron chi connectivity index (χ2n) is 9.26. The third-order valence-electron chi connectivity index (χ3n) is 7.08. The lowest BCUT2D eigenvalue weighted by Crippen LogP contribution is -2.40. The van der Waals surface area contributed by atoms with Crippen LogP contribution in [0.15, 0.2) is 35.1 Å². The van der Waals surface area contributed by atoms with E-state index in [9.17, 15) is 13.6 Å². The Morgan fingerprint density at radius 3 is 2.26 bits per heavy atom. The van der Waals surface area contributed by atoms with E-state index >= 15 is 0 Å². The van der Waals surface area contributed by atoms with Gasteiger partial charge in [-0.3, -0.25) is 18.9 Å². The van der Waals surface area contributed by atoms with Gasteiger partial charge in [0.25, 0.3) is 0 Å². The first-order chi connectivity index (χ1) is 16.9. The minimum absolute atomic E-state index is 0.00111. The highest BCUT2D eigenvalue weighted by atomic mass is 35.5. The van der Waals surface area contributed by atoms with Crippen molar-refractivity contribution in [2.24, 2.45) is 0 Å². The number of benzene rings is 2. The Hall–Kier alpha value is -1.97. The summed E-state index contributed by atoms with van der Waals surface area (Å²) in [7, 11) is 0. The molecule has 0 amide bonds. The van der Waals surface area contributed by atoms with Crippen molar-refractivity contribution >= 4 is 34.2 Å². The predicted molar refractivity (Wildman–Crippen MR) is 133 cm³/mol. The fraction of sp³-hybridized carbons (Fsp3) is 0.480.